The third kappa shape index (κ3) is 2.82. The number of rotatable bonds is 4. The normalized spacial score (nSPS) is 17.0. The van der Waals surface area contributed by atoms with E-state index >= 15 is 0 Å². The van der Waals surface area contributed by atoms with E-state index in [4.69, 9.17) is 0 Å². The van der Waals surface area contributed by atoms with E-state index in [1.165, 1.54) is 10.5 Å². The van der Waals surface area contributed by atoms with Crippen LogP contribution in [-0.4, -0.2) is 64.9 Å². The molecule has 4 rings (SSSR count). The summed E-state index contributed by atoms with van der Waals surface area (Å²) in [6.45, 7) is 0.806. The molecule has 0 amide bonds. The van der Waals surface area contributed by atoms with Gasteiger partial charge in [-0.25, -0.2) is 8.42 Å². The molecule has 0 atom stereocenters. The molecule has 1 aliphatic rings. The second kappa shape index (κ2) is 6.32. The Labute approximate surface area is 150 Å². The van der Waals surface area contributed by atoms with Gasteiger partial charge in [0.2, 0.25) is 10.0 Å². The zero-order valence-corrected chi connectivity index (χ0v) is 15.3. The monoisotopic (exact) mass is 377 g/mol. The van der Waals surface area contributed by atoms with E-state index in [1.54, 1.807) is 4.52 Å². The molecule has 0 bridgehead atoms. The Morgan fingerprint density at radius 3 is 2.62 bits per heavy atom. The van der Waals surface area contributed by atoms with Gasteiger partial charge in [0, 0.05) is 33.1 Å². The van der Waals surface area contributed by atoms with Crippen molar-refractivity contribution in [2.24, 2.45) is 0 Å². The lowest BCUT2D eigenvalue weighted by atomic mass is 9.97. The predicted octanol–water partition coefficient (Wildman–Crippen LogP) is 0.747. The van der Waals surface area contributed by atoms with Gasteiger partial charge in [-0.15, -0.1) is 15.3 Å². The van der Waals surface area contributed by atoms with Crippen LogP contribution in [0.1, 0.15) is 24.6 Å². The number of sulfonamides is 1. The quantitative estimate of drug-likeness (QED) is 0.655. The Morgan fingerprint density at radius 2 is 1.96 bits per heavy atom. The minimum atomic E-state index is -3.56. The summed E-state index contributed by atoms with van der Waals surface area (Å²) < 4.78 is 33.0. The molecule has 0 aliphatic carbocycles. The fourth-order valence-corrected chi connectivity index (χ4v) is 4.45. The van der Waals surface area contributed by atoms with Crippen molar-refractivity contribution in [3.63, 3.8) is 0 Å². The maximum atomic E-state index is 12.5. The molecule has 11 heteroatoms. The van der Waals surface area contributed by atoms with Crippen molar-refractivity contribution in [2.45, 2.75) is 23.7 Å². The summed E-state index contributed by atoms with van der Waals surface area (Å²) in [5, 5.41) is 16.5. The average molecular weight is 377 g/mol. The van der Waals surface area contributed by atoms with E-state index in [0.29, 0.717) is 31.6 Å². The largest absolute Gasteiger partial charge is 0.363 e. The average Bonchev–Trinajstić information content (AvgIpc) is 3.31. The van der Waals surface area contributed by atoms with Gasteiger partial charge in [0.05, 0.1) is 6.20 Å². The molecule has 0 spiro atoms. The molecule has 0 aromatic carbocycles. The Morgan fingerprint density at radius 1 is 1.19 bits per heavy atom. The molecule has 26 heavy (non-hydrogen) atoms. The highest BCUT2D eigenvalue weighted by atomic mass is 32.2. The summed E-state index contributed by atoms with van der Waals surface area (Å²) in [7, 11) is 0.286. The van der Waals surface area contributed by atoms with Gasteiger partial charge in [0.15, 0.2) is 11.5 Å². The first-order valence-corrected chi connectivity index (χ1v) is 9.70. The SMILES string of the molecule is CN(C)c1ccc2nnc(C3CCN(S(=O)(=O)c4cnoc4)CC3)n2n1. The van der Waals surface area contributed by atoms with Crippen molar-refractivity contribution < 1.29 is 12.9 Å². The molecule has 1 saturated heterocycles. The van der Waals surface area contributed by atoms with Crippen LogP contribution in [0, 0.1) is 0 Å². The van der Waals surface area contributed by atoms with Crippen molar-refractivity contribution in [1.29, 1.82) is 0 Å². The first-order chi connectivity index (χ1) is 12.5. The van der Waals surface area contributed by atoms with Gasteiger partial charge in [-0.2, -0.15) is 8.82 Å². The van der Waals surface area contributed by atoms with E-state index < -0.39 is 10.0 Å². The Bertz CT molecular complexity index is 1010. The van der Waals surface area contributed by atoms with Crippen molar-refractivity contribution >= 4 is 21.5 Å². The summed E-state index contributed by atoms with van der Waals surface area (Å²) in [5.41, 5.74) is 0.685. The van der Waals surface area contributed by atoms with Crippen LogP contribution >= 0.6 is 0 Å². The number of hydrogen-bond donors (Lipinski definition) is 0. The number of piperidine rings is 1. The van der Waals surface area contributed by atoms with Crippen molar-refractivity contribution in [1.82, 2.24) is 29.3 Å². The maximum absolute atomic E-state index is 12.5. The van der Waals surface area contributed by atoms with Crippen LogP contribution in [0.15, 0.2) is 34.0 Å². The molecule has 1 fully saturated rings. The van der Waals surface area contributed by atoms with Gasteiger partial charge in [-0.3, -0.25) is 0 Å². The van der Waals surface area contributed by atoms with Crippen LogP contribution < -0.4 is 4.90 Å². The lowest BCUT2D eigenvalue weighted by Gasteiger charge is -2.29. The van der Waals surface area contributed by atoms with E-state index in [-0.39, 0.29) is 10.8 Å². The van der Waals surface area contributed by atoms with Gasteiger partial charge >= 0.3 is 0 Å². The maximum Gasteiger partial charge on any atom is 0.247 e. The molecule has 3 aromatic rings. The summed E-state index contributed by atoms with van der Waals surface area (Å²) in [6, 6.07) is 3.77. The molecule has 0 unspecified atom stereocenters. The number of hydrogen-bond acceptors (Lipinski definition) is 8. The molecular weight excluding hydrogens is 358 g/mol. The Balaban J connectivity index is 1.55. The lowest BCUT2D eigenvalue weighted by Crippen LogP contribution is -2.38. The smallest absolute Gasteiger partial charge is 0.247 e. The summed E-state index contributed by atoms with van der Waals surface area (Å²) in [4.78, 5) is 2.00. The number of fused-ring (bicyclic) bond motifs is 1. The van der Waals surface area contributed by atoms with Crippen LogP contribution in [0.25, 0.3) is 5.65 Å². The van der Waals surface area contributed by atoms with Gasteiger partial charge in [-0.05, 0) is 25.0 Å². The van der Waals surface area contributed by atoms with Gasteiger partial charge in [0.25, 0.3) is 0 Å². The van der Waals surface area contributed by atoms with E-state index in [0.717, 1.165) is 17.9 Å². The first kappa shape index (κ1) is 16.9. The summed E-state index contributed by atoms with van der Waals surface area (Å²) in [5.74, 6) is 1.68. The fourth-order valence-electron chi connectivity index (χ4n) is 3.11. The number of nitrogens with zero attached hydrogens (tertiary/aromatic N) is 7. The third-order valence-corrected chi connectivity index (χ3v) is 6.44. The molecule has 10 nitrogen and oxygen atoms in total. The summed E-state index contributed by atoms with van der Waals surface area (Å²) >= 11 is 0. The Hall–Kier alpha value is -2.53. The molecule has 0 saturated carbocycles. The van der Waals surface area contributed by atoms with Crippen molar-refractivity contribution in [3.8, 4) is 0 Å². The first-order valence-electron chi connectivity index (χ1n) is 8.26. The number of aromatic nitrogens is 5. The molecule has 0 N–H and O–H groups in total. The van der Waals surface area contributed by atoms with Crippen LogP contribution in [0.2, 0.25) is 0 Å². The van der Waals surface area contributed by atoms with E-state index in [2.05, 4.69) is 25.0 Å². The second-order valence-electron chi connectivity index (χ2n) is 6.45. The minimum Gasteiger partial charge on any atom is -0.363 e. The van der Waals surface area contributed by atoms with Gasteiger partial charge in [-0.1, -0.05) is 5.16 Å². The molecule has 138 valence electrons. The summed E-state index contributed by atoms with van der Waals surface area (Å²) in [6.07, 6.45) is 3.68. The zero-order chi connectivity index (χ0) is 18.3. The highest BCUT2D eigenvalue weighted by molar-refractivity contribution is 7.89. The molecular formula is C15H19N7O3S. The van der Waals surface area contributed by atoms with Crippen molar-refractivity contribution in [3.05, 3.63) is 30.4 Å². The highest BCUT2D eigenvalue weighted by Crippen LogP contribution is 2.30. The highest BCUT2D eigenvalue weighted by Gasteiger charge is 2.32. The van der Waals surface area contributed by atoms with Gasteiger partial charge in [0.1, 0.15) is 17.0 Å². The Kier molecular flexibility index (Phi) is 4.11. The van der Waals surface area contributed by atoms with Crippen LogP contribution in [0.3, 0.4) is 0 Å². The molecule has 4 heterocycles. The minimum absolute atomic E-state index is 0.0844. The van der Waals surface area contributed by atoms with E-state index in [9.17, 15) is 8.42 Å². The molecule has 1 aliphatic heterocycles. The van der Waals surface area contributed by atoms with Crippen LogP contribution in [0.5, 0.6) is 0 Å². The topological polar surface area (TPSA) is 110 Å². The lowest BCUT2D eigenvalue weighted by molar-refractivity contribution is 0.311. The number of anilines is 1. The predicted molar refractivity (Wildman–Crippen MR) is 92.3 cm³/mol. The van der Waals surface area contributed by atoms with E-state index in [1.807, 2.05) is 31.1 Å². The zero-order valence-electron chi connectivity index (χ0n) is 14.5. The fraction of sp³-hybridized carbons (Fsp3) is 0.467. The van der Waals surface area contributed by atoms with Gasteiger partial charge < -0.3 is 9.42 Å². The van der Waals surface area contributed by atoms with Crippen LogP contribution in [0.4, 0.5) is 5.82 Å². The van der Waals surface area contributed by atoms with Crippen molar-refractivity contribution in [2.75, 3.05) is 32.1 Å². The molecule has 3 aromatic heterocycles. The third-order valence-electron chi connectivity index (χ3n) is 4.60. The second-order valence-corrected chi connectivity index (χ2v) is 8.39. The standard InChI is InChI=1S/C15H19N7O3S/c1-20(2)14-4-3-13-17-18-15(22(13)19-14)11-5-7-21(8-6-11)26(23,24)12-9-16-25-10-12/h3-4,9-11H,5-8H2,1-2H3. The molecule has 0 radical (unpaired) electrons. The van der Waals surface area contributed by atoms with Crippen LogP contribution in [-0.2, 0) is 10.0 Å².